The van der Waals surface area contributed by atoms with Gasteiger partial charge in [-0.25, -0.2) is 9.97 Å². The molecular weight excluding hydrogens is 234 g/mol. The molecule has 3 N–H and O–H groups in total. The summed E-state index contributed by atoms with van der Waals surface area (Å²) in [7, 11) is 0. The van der Waals surface area contributed by atoms with Gasteiger partial charge in [-0.1, -0.05) is 11.6 Å². The SMILES string of the molecule is Nc1c(Cl)ncnc1N1CC(=O)NC(=O)C1. The number of hydrogen-bond acceptors (Lipinski definition) is 6. The molecule has 0 aliphatic carbocycles. The van der Waals surface area contributed by atoms with Crippen molar-refractivity contribution in [1.29, 1.82) is 0 Å². The second-order valence-electron chi connectivity index (χ2n) is 3.23. The van der Waals surface area contributed by atoms with E-state index in [-0.39, 0.29) is 23.9 Å². The summed E-state index contributed by atoms with van der Waals surface area (Å²) in [6.45, 7) is 0.0343. The molecule has 0 bridgehead atoms. The molecule has 1 aromatic heterocycles. The number of imide groups is 1. The largest absolute Gasteiger partial charge is 0.393 e. The first-order valence-electron chi connectivity index (χ1n) is 4.41. The molecule has 2 heterocycles. The summed E-state index contributed by atoms with van der Waals surface area (Å²) in [5.41, 5.74) is 5.82. The maximum Gasteiger partial charge on any atom is 0.246 e. The number of nitrogens with two attached hydrogens (primary N) is 1. The molecule has 1 fully saturated rings. The molecule has 0 aromatic carbocycles. The Balaban J connectivity index is 2.33. The van der Waals surface area contributed by atoms with Gasteiger partial charge < -0.3 is 10.6 Å². The van der Waals surface area contributed by atoms with Gasteiger partial charge in [0.25, 0.3) is 0 Å². The van der Waals surface area contributed by atoms with Crippen LogP contribution in [0.4, 0.5) is 11.5 Å². The van der Waals surface area contributed by atoms with E-state index in [1.807, 2.05) is 0 Å². The summed E-state index contributed by atoms with van der Waals surface area (Å²) in [5, 5.41) is 2.28. The molecule has 0 unspecified atom stereocenters. The first kappa shape index (κ1) is 10.6. The summed E-state index contributed by atoms with van der Waals surface area (Å²) < 4.78 is 0. The maximum atomic E-state index is 11.2. The van der Waals surface area contributed by atoms with Crippen molar-refractivity contribution >= 4 is 34.9 Å². The Morgan fingerprint density at radius 1 is 1.31 bits per heavy atom. The zero-order valence-corrected chi connectivity index (χ0v) is 8.86. The van der Waals surface area contributed by atoms with Gasteiger partial charge in [0.15, 0.2) is 11.0 Å². The number of rotatable bonds is 1. The minimum atomic E-state index is -0.398. The second-order valence-corrected chi connectivity index (χ2v) is 3.59. The second kappa shape index (κ2) is 3.93. The number of nitrogen functional groups attached to an aromatic ring is 1. The van der Waals surface area contributed by atoms with E-state index in [0.29, 0.717) is 5.82 Å². The molecule has 2 rings (SSSR count). The standard InChI is InChI=1S/C8H8ClN5O2/c9-7-6(10)8(12-3-11-7)14-1-4(15)13-5(16)2-14/h3H,1-2,10H2,(H,13,15,16). The Kier molecular flexibility index (Phi) is 2.61. The highest BCUT2D eigenvalue weighted by atomic mass is 35.5. The number of nitrogens with zero attached hydrogens (tertiary/aromatic N) is 3. The minimum absolute atomic E-state index is 0.0171. The topological polar surface area (TPSA) is 101 Å². The first-order valence-corrected chi connectivity index (χ1v) is 4.79. The van der Waals surface area contributed by atoms with Gasteiger partial charge in [-0.05, 0) is 0 Å². The number of amides is 2. The fourth-order valence-electron chi connectivity index (χ4n) is 1.40. The van der Waals surface area contributed by atoms with Gasteiger partial charge in [0.1, 0.15) is 12.0 Å². The summed E-state index contributed by atoms with van der Waals surface area (Å²) in [4.78, 5) is 31.4. The Morgan fingerprint density at radius 2 is 1.94 bits per heavy atom. The van der Waals surface area contributed by atoms with E-state index in [1.54, 1.807) is 0 Å². The molecule has 0 atom stereocenters. The van der Waals surface area contributed by atoms with Gasteiger partial charge in [0.05, 0.1) is 13.1 Å². The normalized spacial score (nSPS) is 16.2. The predicted molar refractivity (Wildman–Crippen MR) is 56.8 cm³/mol. The molecule has 1 aliphatic rings. The number of aromatic nitrogens is 2. The highest BCUT2D eigenvalue weighted by Gasteiger charge is 2.25. The summed E-state index contributed by atoms with van der Waals surface area (Å²) in [6.07, 6.45) is 1.23. The number of nitrogens with one attached hydrogen (secondary N) is 1. The van der Waals surface area contributed by atoms with E-state index in [2.05, 4.69) is 15.3 Å². The van der Waals surface area contributed by atoms with Gasteiger partial charge in [0.2, 0.25) is 11.8 Å². The van der Waals surface area contributed by atoms with Crippen LogP contribution < -0.4 is 16.0 Å². The number of hydrogen-bond donors (Lipinski definition) is 2. The highest BCUT2D eigenvalue weighted by molar-refractivity contribution is 6.32. The number of halogens is 1. The molecule has 1 saturated heterocycles. The predicted octanol–water partition coefficient (Wildman–Crippen LogP) is -0.825. The van der Waals surface area contributed by atoms with E-state index in [4.69, 9.17) is 17.3 Å². The highest BCUT2D eigenvalue weighted by Crippen LogP contribution is 2.25. The lowest BCUT2D eigenvalue weighted by Gasteiger charge is -2.27. The van der Waals surface area contributed by atoms with Crippen LogP contribution in [0.1, 0.15) is 0 Å². The van der Waals surface area contributed by atoms with Gasteiger partial charge >= 0.3 is 0 Å². The summed E-state index contributed by atoms with van der Waals surface area (Å²) >= 11 is 5.72. The van der Waals surface area contributed by atoms with E-state index in [0.717, 1.165) is 0 Å². The molecule has 0 spiro atoms. The molecule has 84 valence electrons. The fourth-order valence-corrected chi connectivity index (χ4v) is 1.53. The first-order chi connectivity index (χ1) is 7.58. The lowest BCUT2D eigenvalue weighted by atomic mass is 10.3. The van der Waals surface area contributed by atoms with Crippen LogP contribution in [-0.2, 0) is 9.59 Å². The van der Waals surface area contributed by atoms with E-state index >= 15 is 0 Å². The molecule has 0 saturated carbocycles. The van der Waals surface area contributed by atoms with Crippen molar-refractivity contribution in [2.45, 2.75) is 0 Å². The zero-order valence-electron chi connectivity index (χ0n) is 8.11. The van der Waals surface area contributed by atoms with Crippen molar-refractivity contribution < 1.29 is 9.59 Å². The molecule has 2 amide bonds. The van der Waals surface area contributed by atoms with Crippen LogP contribution in [0.2, 0.25) is 5.15 Å². The van der Waals surface area contributed by atoms with Gasteiger partial charge in [0, 0.05) is 0 Å². The van der Waals surface area contributed by atoms with Crippen LogP contribution in [0, 0.1) is 0 Å². The van der Waals surface area contributed by atoms with Crippen molar-refractivity contribution in [3.05, 3.63) is 11.5 Å². The van der Waals surface area contributed by atoms with Crippen LogP contribution in [0.5, 0.6) is 0 Å². The number of carbonyl (C=O) groups excluding carboxylic acids is 2. The lowest BCUT2D eigenvalue weighted by molar-refractivity contribution is -0.130. The van der Waals surface area contributed by atoms with Crippen molar-refractivity contribution in [2.75, 3.05) is 23.7 Å². The third-order valence-corrected chi connectivity index (χ3v) is 2.36. The van der Waals surface area contributed by atoms with E-state index < -0.39 is 11.8 Å². The third-order valence-electron chi connectivity index (χ3n) is 2.06. The zero-order chi connectivity index (χ0) is 11.7. The van der Waals surface area contributed by atoms with Crippen molar-refractivity contribution in [2.24, 2.45) is 0 Å². The molecule has 1 aliphatic heterocycles. The lowest BCUT2D eigenvalue weighted by Crippen LogP contribution is -2.52. The van der Waals surface area contributed by atoms with Crippen molar-refractivity contribution in [3.8, 4) is 0 Å². The van der Waals surface area contributed by atoms with Crippen LogP contribution in [0.3, 0.4) is 0 Å². The van der Waals surface area contributed by atoms with Gasteiger partial charge in [-0.3, -0.25) is 14.9 Å². The summed E-state index contributed by atoms with van der Waals surface area (Å²) in [6, 6.07) is 0. The minimum Gasteiger partial charge on any atom is -0.393 e. The Morgan fingerprint density at radius 3 is 2.56 bits per heavy atom. The Bertz CT molecular complexity index is 448. The monoisotopic (exact) mass is 241 g/mol. The van der Waals surface area contributed by atoms with Gasteiger partial charge in [-0.15, -0.1) is 0 Å². The number of carbonyl (C=O) groups is 2. The quantitative estimate of drug-likeness (QED) is 0.492. The molecule has 8 heteroatoms. The molecular formula is C8H8ClN5O2. The van der Waals surface area contributed by atoms with Crippen molar-refractivity contribution in [3.63, 3.8) is 0 Å². The number of piperazine rings is 1. The third kappa shape index (κ3) is 1.89. The molecule has 1 aromatic rings. The smallest absolute Gasteiger partial charge is 0.246 e. The van der Waals surface area contributed by atoms with Crippen LogP contribution in [-0.4, -0.2) is 34.9 Å². The Labute approximate surface area is 95.6 Å². The maximum absolute atomic E-state index is 11.2. The van der Waals surface area contributed by atoms with E-state index in [1.165, 1.54) is 11.2 Å². The van der Waals surface area contributed by atoms with Crippen molar-refractivity contribution in [1.82, 2.24) is 15.3 Å². The average molecular weight is 242 g/mol. The average Bonchev–Trinajstić information content (AvgIpc) is 2.20. The molecule has 7 nitrogen and oxygen atoms in total. The number of anilines is 2. The molecule has 16 heavy (non-hydrogen) atoms. The fraction of sp³-hybridized carbons (Fsp3) is 0.250. The van der Waals surface area contributed by atoms with E-state index in [9.17, 15) is 9.59 Å². The van der Waals surface area contributed by atoms with Crippen LogP contribution in [0.25, 0.3) is 0 Å². The van der Waals surface area contributed by atoms with Crippen LogP contribution >= 0.6 is 11.6 Å². The Hall–Kier alpha value is -1.89. The van der Waals surface area contributed by atoms with Gasteiger partial charge in [-0.2, -0.15) is 0 Å². The summed E-state index contributed by atoms with van der Waals surface area (Å²) in [5.74, 6) is -0.501. The molecule has 0 radical (unpaired) electrons. The van der Waals surface area contributed by atoms with Crippen LogP contribution in [0.15, 0.2) is 6.33 Å².